The van der Waals surface area contributed by atoms with Crippen molar-refractivity contribution >= 4 is 17.6 Å². The number of benzene rings is 3. The SMILES string of the molecule is COc1cc(C)c(-c2ccc(C(=O)O)cc2C)cc1C1=C(CN2C(=O)O[C@H](c3cc(C)cc(C(F)(F)F)c3)[C@@H]2C)CC(C)(C)CC1. The summed E-state index contributed by atoms with van der Waals surface area (Å²) < 4.78 is 52.4. The van der Waals surface area contributed by atoms with Gasteiger partial charge in [0, 0.05) is 12.1 Å². The largest absolute Gasteiger partial charge is 0.496 e. The fourth-order valence-corrected chi connectivity index (χ4v) is 6.87. The molecule has 0 radical (unpaired) electrons. The first-order valence-electron chi connectivity index (χ1n) is 15.4. The lowest BCUT2D eigenvalue weighted by Crippen LogP contribution is -2.35. The molecule has 0 spiro atoms. The minimum Gasteiger partial charge on any atom is -0.496 e. The smallest absolute Gasteiger partial charge is 0.416 e. The van der Waals surface area contributed by atoms with Gasteiger partial charge in [-0.2, -0.15) is 13.2 Å². The zero-order valence-electron chi connectivity index (χ0n) is 27.3. The second kappa shape index (κ2) is 12.2. The highest BCUT2D eigenvalue weighted by molar-refractivity contribution is 5.89. The van der Waals surface area contributed by atoms with Gasteiger partial charge in [0.2, 0.25) is 0 Å². The molecule has 1 N–H and O–H groups in total. The van der Waals surface area contributed by atoms with Crippen LogP contribution in [0.25, 0.3) is 16.7 Å². The van der Waals surface area contributed by atoms with Crippen molar-refractivity contribution in [3.63, 3.8) is 0 Å². The van der Waals surface area contributed by atoms with E-state index in [4.69, 9.17) is 9.47 Å². The molecule has 3 aromatic carbocycles. The zero-order chi connectivity index (χ0) is 33.7. The second-order valence-corrected chi connectivity index (χ2v) is 13.4. The fourth-order valence-electron chi connectivity index (χ4n) is 6.87. The first-order chi connectivity index (χ1) is 21.5. The third-order valence-electron chi connectivity index (χ3n) is 9.31. The topological polar surface area (TPSA) is 76.1 Å². The van der Waals surface area contributed by atoms with E-state index in [2.05, 4.69) is 19.9 Å². The summed E-state index contributed by atoms with van der Waals surface area (Å²) >= 11 is 0. The van der Waals surface area contributed by atoms with Crippen molar-refractivity contribution in [1.29, 1.82) is 0 Å². The monoisotopic (exact) mass is 635 g/mol. The van der Waals surface area contributed by atoms with Gasteiger partial charge in [-0.3, -0.25) is 4.90 Å². The lowest BCUT2D eigenvalue weighted by atomic mass is 9.72. The number of amides is 1. The van der Waals surface area contributed by atoms with Crippen molar-refractivity contribution in [2.45, 2.75) is 79.1 Å². The van der Waals surface area contributed by atoms with Crippen LogP contribution in [0.1, 0.15) is 89.9 Å². The van der Waals surface area contributed by atoms with E-state index in [1.165, 1.54) is 0 Å². The summed E-state index contributed by atoms with van der Waals surface area (Å²) in [4.78, 5) is 26.5. The number of carbonyl (C=O) groups excluding carboxylic acids is 1. The maximum absolute atomic E-state index is 13.6. The normalized spacial score (nSPS) is 19.8. The molecule has 1 aliphatic heterocycles. The Labute approximate surface area is 267 Å². The maximum atomic E-state index is 13.6. The van der Waals surface area contributed by atoms with Crippen LogP contribution in [0.2, 0.25) is 0 Å². The molecule has 5 rings (SSSR count). The molecular formula is C37H40F3NO5. The number of allylic oxidation sites excluding steroid dienone is 1. The van der Waals surface area contributed by atoms with Crippen LogP contribution in [0, 0.1) is 26.2 Å². The van der Waals surface area contributed by atoms with E-state index in [9.17, 15) is 27.9 Å². The van der Waals surface area contributed by atoms with Crippen molar-refractivity contribution in [2.75, 3.05) is 13.7 Å². The van der Waals surface area contributed by atoms with E-state index in [1.54, 1.807) is 37.1 Å². The molecule has 2 atom stereocenters. The molecule has 46 heavy (non-hydrogen) atoms. The number of hydrogen-bond donors (Lipinski definition) is 1. The maximum Gasteiger partial charge on any atom is 0.416 e. The molecule has 0 unspecified atom stereocenters. The first-order valence-corrected chi connectivity index (χ1v) is 15.4. The van der Waals surface area contributed by atoms with Crippen LogP contribution in [-0.2, 0) is 10.9 Å². The average molecular weight is 636 g/mol. The van der Waals surface area contributed by atoms with Crippen molar-refractivity contribution in [3.8, 4) is 16.9 Å². The van der Waals surface area contributed by atoms with Gasteiger partial charge < -0.3 is 14.6 Å². The minimum atomic E-state index is -4.51. The Bertz CT molecular complexity index is 1740. The summed E-state index contributed by atoms with van der Waals surface area (Å²) in [5.74, 6) is -0.288. The molecule has 0 bridgehead atoms. The van der Waals surface area contributed by atoms with Crippen LogP contribution in [0.5, 0.6) is 5.75 Å². The van der Waals surface area contributed by atoms with Gasteiger partial charge in [-0.15, -0.1) is 0 Å². The van der Waals surface area contributed by atoms with Crippen molar-refractivity contribution in [3.05, 3.63) is 93.0 Å². The summed E-state index contributed by atoms with van der Waals surface area (Å²) in [6, 6.07) is 12.5. The summed E-state index contributed by atoms with van der Waals surface area (Å²) in [6.45, 7) is 11.9. The number of methoxy groups -OCH3 is 1. The van der Waals surface area contributed by atoms with Gasteiger partial charge in [0.1, 0.15) is 11.9 Å². The quantitative estimate of drug-likeness (QED) is 0.280. The van der Waals surface area contributed by atoms with Gasteiger partial charge in [-0.25, -0.2) is 9.59 Å². The Morgan fingerprint density at radius 3 is 2.35 bits per heavy atom. The predicted molar refractivity (Wildman–Crippen MR) is 171 cm³/mol. The Morgan fingerprint density at radius 1 is 1.02 bits per heavy atom. The van der Waals surface area contributed by atoms with Crippen LogP contribution in [0.4, 0.5) is 18.0 Å². The number of aryl methyl sites for hydroxylation is 3. The molecule has 244 valence electrons. The number of carboxylic acids is 1. The zero-order valence-corrected chi connectivity index (χ0v) is 27.3. The van der Waals surface area contributed by atoms with Gasteiger partial charge in [0.25, 0.3) is 0 Å². The number of alkyl halides is 3. The molecule has 9 heteroatoms. The van der Waals surface area contributed by atoms with Crippen LogP contribution in [-0.4, -0.2) is 41.8 Å². The third-order valence-corrected chi connectivity index (χ3v) is 9.31. The Kier molecular flexibility index (Phi) is 8.75. The fraction of sp³-hybridized carbons (Fsp3) is 0.405. The number of nitrogens with zero attached hydrogens (tertiary/aromatic N) is 1. The number of cyclic esters (lactones) is 1. The van der Waals surface area contributed by atoms with E-state index in [0.717, 1.165) is 63.9 Å². The molecule has 2 aliphatic rings. The third kappa shape index (κ3) is 6.50. The van der Waals surface area contributed by atoms with Crippen LogP contribution < -0.4 is 4.74 Å². The average Bonchev–Trinajstić information content (AvgIpc) is 3.24. The minimum absolute atomic E-state index is 0.0345. The van der Waals surface area contributed by atoms with Crippen molar-refractivity contribution in [1.82, 2.24) is 4.90 Å². The van der Waals surface area contributed by atoms with Gasteiger partial charge >= 0.3 is 18.2 Å². The Morgan fingerprint density at radius 2 is 1.72 bits per heavy atom. The van der Waals surface area contributed by atoms with E-state index < -0.39 is 35.9 Å². The molecule has 1 heterocycles. The Balaban J connectivity index is 1.56. The highest BCUT2D eigenvalue weighted by Gasteiger charge is 2.42. The molecule has 0 saturated carbocycles. The Hall–Kier alpha value is -4.27. The van der Waals surface area contributed by atoms with Crippen LogP contribution in [0.15, 0.2) is 54.1 Å². The van der Waals surface area contributed by atoms with Gasteiger partial charge in [-0.1, -0.05) is 31.5 Å². The number of halogens is 3. The highest BCUT2D eigenvalue weighted by Crippen LogP contribution is 2.47. The van der Waals surface area contributed by atoms with Crippen LogP contribution in [0.3, 0.4) is 0 Å². The lowest BCUT2D eigenvalue weighted by Gasteiger charge is -2.36. The predicted octanol–water partition coefficient (Wildman–Crippen LogP) is 9.55. The number of carbonyl (C=O) groups is 2. The van der Waals surface area contributed by atoms with E-state index in [-0.39, 0.29) is 17.5 Å². The van der Waals surface area contributed by atoms with Crippen molar-refractivity contribution in [2.24, 2.45) is 5.41 Å². The van der Waals surface area contributed by atoms with Gasteiger partial charge in [0.05, 0.1) is 24.3 Å². The standard InChI is InChI=1S/C37H40F3NO5/c1-20-12-25(16-27(13-20)37(38,39)40)33-23(4)41(35(44)46-33)19-26-18-36(5,6)11-10-29(26)31-17-30(22(3)15-32(31)45-7)28-9-8-24(34(42)43)14-21(28)2/h8-9,12-17,23,33H,10-11,18-19H2,1-7H3,(H,42,43)/t23-,33-/m0/s1. The molecule has 0 aromatic heterocycles. The first kappa shape index (κ1) is 33.1. The van der Waals surface area contributed by atoms with Crippen molar-refractivity contribution < 1.29 is 37.3 Å². The van der Waals surface area contributed by atoms with E-state index in [1.807, 2.05) is 32.9 Å². The molecule has 6 nitrogen and oxygen atoms in total. The lowest BCUT2D eigenvalue weighted by molar-refractivity contribution is -0.137. The number of carboxylic acid groups (broad SMARTS) is 1. The second-order valence-electron chi connectivity index (χ2n) is 13.4. The molecular weight excluding hydrogens is 595 g/mol. The number of hydrogen-bond acceptors (Lipinski definition) is 4. The molecule has 3 aromatic rings. The number of aromatic carboxylic acids is 1. The molecule has 1 fully saturated rings. The summed E-state index contributed by atoms with van der Waals surface area (Å²) in [7, 11) is 1.62. The number of rotatable bonds is 7. The molecule has 1 aliphatic carbocycles. The number of ether oxygens (including phenoxy) is 2. The highest BCUT2D eigenvalue weighted by atomic mass is 19.4. The van der Waals surface area contributed by atoms with Gasteiger partial charge in [-0.05, 0) is 128 Å². The molecule has 1 saturated heterocycles. The van der Waals surface area contributed by atoms with E-state index in [0.29, 0.717) is 23.3 Å². The van der Waals surface area contributed by atoms with E-state index >= 15 is 0 Å². The molecule has 1 amide bonds. The summed E-state index contributed by atoms with van der Waals surface area (Å²) in [5, 5.41) is 9.47. The summed E-state index contributed by atoms with van der Waals surface area (Å²) in [6.07, 6.45) is -3.55. The van der Waals surface area contributed by atoms with Crippen LogP contribution >= 0.6 is 0 Å². The van der Waals surface area contributed by atoms with Gasteiger partial charge in [0.15, 0.2) is 0 Å². The summed E-state index contributed by atoms with van der Waals surface area (Å²) in [5.41, 5.74) is 6.88.